The van der Waals surface area contributed by atoms with Gasteiger partial charge in [0.25, 0.3) is 0 Å². The van der Waals surface area contributed by atoms with E-state index < -0.39 is 11.9 Å². The molecule has 1 aliphatic rings. The smallest absolute Gasteiger partial charge is 0.308 e. The van der Waals surface area contributed by atoms with Crippen LogP contribution in [-0.2, 0) is 16.1 Å². The molecule has 0 aliphatic carbocycles. The molecule has 1 fully saturated rings. The van der Waals surface area contributed by atoms with E-state index in [9.17, 15) is 9.59 Å². The number of carboxylic acids is 1. The quantitative estimate of drug-likeness (QED) is 0.618. The van der Waals surface area contributed by atoms with Crippen molar-refractivity contribution in [1.29, 1.82) is 0 Å². The highest BCUT2D eigenvalue weighted by Gasteiger charge is 2.34. The molecule has 7 nitrogen and oxygen atoms in total. The van der Waals surface area contributed by atoms with Gasteiger partial charge in [-0.25, -0.2) is 0 Å². The molecule has 0 aromatic heterocycles. The molecule has 1 aliphatic heterocycles. The molecule has 2 aromatic carbocycles. The maximum atomic E-state index is 12.1. The number of ether oxygens (including phenoxy) is 3. The van der Waals surface area contributed by atoms with Gasteiger partial charge in [-0.05, 0) is 25.1 Å². The highest BCUT2D eigenvalue weighted by Crippen LogP contribution is 2.27. The second-order valence-corrected chi connectivity index (χ2v) is 6.70. The summed E-state index contributed by atoms with van der Waals surface area (Å²) in [5.74, 6) is 0.276. The lowest BCUT2D eigenvalue weighted by atomic mass is 10.1. The van der Waals surface area contributed by atoms with E-state index in [1.807, 2.05) is 55.5 Å². The Hall–Kier alpha value is -3.22. The molecule has 2 aromatic rings. The monoisotopic (exact) mass is 399 g/mol. The molecule has 1 unspecified atom stereocenters. The average Bonchev–Trinajstić information content (AvgIpc) is 3.08. The van der Waals surface area contributed by atoms with Gasteiger partial charge in [0.1, 0.15) is 19.0 Å². The molecule has 29 heavy (non-hydrogen) atoms. The normalized spacial score (nSPS) is 16.0. The molecule has 0 bridgehead atoms. The molecular weight excluding hydrogens is 374 g/mol. The van der Waals surface area contributed by atoms with Gasteiger partial charge < -0.3 is 24.2 Å². The van der Waals surface area contributed by atoms with Crippen LogP contribution >= 0.6 is 0 Å². The molecule has 154 valence electrons. The number of hydrogen-bond donors (Lipinski definition) is 1. The van der Waals surface area contributed by atoms with E-state index in [2.05, 4.69) is 0 Å². The number of amides is 1. The van der Waals surface area contributed by atoms with Gasteiger partial charge >= 0.3 is 5.97 Å². The minimum absolute atomic E-state index is 0.0471. The molecular formula is C22H25NO6. The fraction of sp³-hybridized carbons (Fsp3) is 0.364. The number of nitrogens with zero attached hydrogens (tertiary/aromatic N) is 1. The lowest BCUT2D eigenvalue weighted by Crippen LogP contribution is -2.26. The topological polar surface area (TPSA) is 85.3 Å². The van der Waals surface area contributed by atoms with E-state index in [4.69, 9.17) is 19.3 Å². The lowest BCUT2D eigenvalue weighted by molar-refractivity contribution is -0.141. The van der Waals surface area contributed by atoms with Crippen LogP contribution in [0.25, 0.3) is 0 Å². The van der Waals surface area contributed by atoms with E-state index in [1.54, 1.807) is 4.90 Å². The van der Waals surface area contributed by atoms with E-state index in [0.717, 1.165) is 5.56 Å². The van der Waals surface area contributed by atoms with Crippen molar-refractivity contribution in [2.75, 3.05) is 26.4 Å². The second-order valence-electron chi connectivity index (χ2n) is 6.70. The summed E-state index contributed by atoms with van der Waals surface area (Å²) >= 11 is 0. The molecule has 3 rings (SSSR count). The largest absolute Gasteiger partial charge is 0.490 e. The number of likely N-dealkylation sites (tertiary alicyclic amines) is 1. The van der Waals surface area contributed by atoms with E-state index >= 15 is 0 Å². The number of para-hydroxylation sites is 3. The van der Waals surface area contributed by atoms with E-state index in [1.165, 1.54) is 0 Å². The van der Waals surface area contributed by atoms with Gasteiger partial charge in [0.05, 0.1) is 12.5 Å². The van der Waals surface area contributed by atoms with Crippen molar-refractivity contribution in [2.45, 2.75) is 19.9 Å². The Bertz CT molecular complexity index is 853. The summed E-state index contributed by atoms with van der Waals surface area (Å²) in [5.41, 5.74) is 0.835. The summed E-state index contributed by atoms with van der Waals surface area (Å²) in [4.78, 5) is 24.8. The molecule has 7 heteroatoms. The molecule has 0 spiro atoms. The highest BCUT2D eigenvalue weighted by atomic mass is 16.5. The fourth-order valence-electron chi connectivity index (χ4n) is 3.22. The van der Waals surface area contributed by atoms with E-state index in [-0.39, 0.29) is 18.9 Å². The number of aliphatic carboxylic acids is 1. The highest BCUT2D eigenvalue weighted by molar-refractivity contribution is 5.86. The predicted molar refractivity (Wildman–Crippen MR) is 106 cm³/mol. The summed E-state index contributed by atoms with van der Waals surface area (Å²) in [5, 5.41) is 9.13. The Balaban J connectivity index is 1.55. The van der Waals surface area contributed by atoms with Crippen LogP contribution in [0.2, 0.25) is 0 Å². The number of benzene rings is 2. The summed E-state index contributed by atoms with van der Waals surface area (Å²) in [6.07, 6.45) is 0.0471. The van der Waals surface area contributed by atoms with Crippen molar-refractivity contribution in [1.82, 2.24) is 4.90 Å². The second kappa shape index (κ2) is 9.82. The Morgan fingerprint density at radius 3 is 2.21 bits per heavy atom. The molecule has 1 saturated heterocycles. The van der Waals surface area contributed by atoms with Crippen LogP contribution in [0.4, 0.5) is 0 Å². The minimum Gasteiger partial charge on any atom is -0.490 e. The summed E-state index contributed by atoms with van der Waals surface area (Å²) in [6.45, 7) is 3.68. The Morgan fingerprint density at radius 2 is 1.59 bits per heavy atom. The summed E-state index contributed by atoms with van der Waals surface area (Å²) in [6, 6.07) is 14.9. The van der Waals surface area contributed by atoms with E-state index in [0.29, 0.717) is 43.6 Å². The van der Waals surface area contributed by atoms with Crippen LogP contribution in [-0.4, -0.2) is 48.2 Å². The first kappa shape index (κ1) is 20.5. The third-order valence-electron chi connectivity index (χ3n) is 4.65. The standard InChI is InChI=1S/C22H25NO6/c1-2-27-19-9-5-6-10-20(19)29-12-11-28-18-8-4-3-7-16(18)14-23-15-17(22(25)26)13-21(23)24/h3-10,17H,2,11-15H2,1H3,(H,25,26). The van der Waals surface area contributed by atoms with Crippen LogP contribution in [0.5, 0.6) is 17.2 Å². The van der Waals surface area contributed by atoms with Crippen LogP contribution in [0.1, 0.15) is 18.9 Å². The SMILES string of the molecule is CCOc1ccccc1OCCOc1ccccc1CN1CC(C(=O)O)CC1=O. The van der Waals surface area contributed by atoms with Gasteiger partial charge in [-0.1, -0.05) is 30.3 Å². The minimum atomic E-state index is -0.935. The average molecular weight is 399 g/mol. The zero-order valence-electron chi connectivity index (χ0n) is 16.4. The van der Waals surface area contributed by atoms with Crippen molar-refractivity contribution < 1.29 is 28.9 Å². The Labute approximate surface area is 169 Å². The van der Waals surface area contributed by atoms with Crippen LogP contribution < -0.4 is 14.2 Å². The number of carbonyl (C=O) groups excluding carboxylic acids is 1. The van der Waals surface area contributed by atoms with Crippen molar-refractivity contribution in [2.24, 2.45) is 5.92 Å². The van der Waals surface area contributed by atoms with Crippen LogP contribution in [0.3, 0.4) is 0 Å². The fourth-order valence-corrected chi connectivity index (χ4v) is 3.22. The Morgan fingerprint density at radius 1 is 1.00 bits per heavy atom. The zero-order chi connectivity index (χ0) is 20.6. The predicted octanol–water partition coefficient (Wildman–Crippen LogP) is 2.98. The van der Waals surface area contributed by atoms with Gasteiger partial charge in [0.15, 0.2) is 11.5 Å². The molecule has 0 radical (unpaired) electrons. The summed E-state index contributed by atoms with van der Waals surface area (Å²) < 4.78 is 17.2. The molecule has 1 heterocycles. The third-order valence-corrected chi connectivity index (χ3v) is 4.65. The number of hydrogen-bond acceptors (Lipinski definition) is 5. The zero-order valence-corrected chi connectivity index (χ0v) is 16.4. The van der Waals surface area contributed by atoms with Crippen LogP contribution in [0.15, 0.2) is 48.5 Å². The molecule has 1 N–H and O–H groups in total. The summed E-state index contributed by atoms with van der Waals surface area (Å²) in [7, 11) is 0. The molecule has 1 atom stereocenters. The van der Waals surface area contributed by atoms with Gasteiger partial charge in [-0.3, -0.25) is 9.59 Å². The van der Waals surface area contributed by atoms with Gasteiger partial charge in [-0.15, -0.1) is 0 Å². The molecule has 1 amide bonds. The maximum Gasteiger partial charge on any atom is 0.308 e. The van der Waals surface area contributed by atoms with Crippen molar-refractivity contribution in [3.63, 3.8) is 0 Å². The van der Waals surface area contributed by atoms with Gasteiger partial charge in [-0.2, -0.15) is 0 Å². The van der Waals surface area contributed by atoms with Gasteiger partial charge in [0, 0.05) is 25.1 Å². The number of carboxylic acid groups (broad SMARTS) is 1. The first-order valence-corrected chi connectivity index (χ1v) is 9.64. The maximum absolute atomic E-state index is 12.1. The van der Waals surface area contributed by atoms with Crippen molar-refractivity contribution in [3.8, 4) is 17.2 Å². The number of rotatable bonds is 10. The van der Waals surface area contributed by atoms with Crippen molar-refractivity contribution >= 4 is 11.9 Å². The van der Waals surface area contributed by atoms with Gasteiger partial charge in [0.2, 0.25) is 5.91 Å². The van der Waals surface area contributed by atoms with Crippen molar-refractivity contribution in [3.05, 3.63) is 54.1 Å². The first-order chi connectivity index (χ1) is 14.1. The Kier molecular flexibility index (Phi) is 6.94. The number of carbonyl (C=O) groups is 2. The lowest BCUT2D eigenvalue weighted by Gasteiger charge is -2.19. The third kappa shape index (κ3) is 5.40. The van der Waals surface area contributed by atoms with Crippen LogP contribution in [0, 0.1) is 5.92 Å². The molecule has 0 saturated carbocycles. The first-order valence-electron chi connectivity index (χ1n) is 9.64.